The van der Waals surface area contributed by atoms with Crippen LogP contribution in [0.3, 0.4) is 0 Å². The Hall–Kier alpha value is -2.03. The third kappa shape index (κ3) is 7.49. The van der Waals surface area contributed by atoms with E-state index in [0.717, 1.165) is 24.0 Å². The fourth-order valence-electron chi connectivity index (χ4n) is 4.26. The van der Waals surface area contributed by atoms with Crippen LogP contribution >= 0.6 is 35.0 Å². The van der Waals surface area contributed by atoms with Gasteiger partial charge in [-0.15, -0.1) is 11.8 Å². The number of benzene rings is 2. The number of carbonyl (C=O) groups excluding carboxylic acids is 2. The molecule has 0 radical (unpaired) electrons. The summed E-state index contributed by atoms with van der Waals surface area (Å²) in [6, 6.07) is 14.5. The van der Waals surface area contributed by atoms with E-state index < -0.39 is 24.0 Å². The lowest BCUT2D eigenvalue weighted by atomic mass is 10.0. The van der Waals surface area contributed by atoms with Gasteiger partial charge in [0.2, 0.25) is 0 Å². The molecule has 2 aromatic carbocycles. The highest BCUT2D eigenvalue weighted by atomic mass is 35.5. The minimum absolute atomic E-state index is 0.121. The summed E-state index contributed by atoms with van der Waals surface area (Å²) in [4.78, 5) is 28.3. The number of rotatable bonds is 11. The number of allylic oxidation sites excluding steroid dienone is 2. The fraction of sp³-hybridized carbons (Fsp3) is 0.407. The topological polar surface area (TPSA) is 89.9 Å². The molecular weight excluding hydrogens is 519 g/mol. The van der Waals surface area contributed by atoms with Crippen molar-refractivity contribution in [2.45, 2.75) is 56.6 Å². The van der Waals surface area contributed by atoms with Crippen molar-refractivity contribution in [3.63, 3.8) is 0 Å². The average Bonchev–Trinajstić information content (AvgIpc) is 3.33. The Labute approximate surface area is 226 Å². The largest absolute Gasteiger partial charge is 0.380 e. The molecule has 2 aromatic rings. The van der Waals surface area contributed by atoms with E-state index in [1.54, 1.807) is 36.9 Å². The smallest absolute Gasteiger partial charge is 0.255 e. The van der Waals surface area contributed by atoms with E-state index in [1.807, 2.05) is 37.3 Å². The van der Waals surface area contributed by atoms with Gasteiger partial charge in [-0.2, -0.15) is 0 Å². The molecule has 4 atom stereocenters. The second kappa shape index (κ2) is 13.5. The van der Waals surface area contributed by atoms with Gasteiger partial charge in [-0.3, -0.25) is 9.59 Å². The van der Waals surface area contributed by atoms with Gasteiger partial charge >= 0.3 is 0 Å². The molecule has 1 aliphatic rings. The van der Waals surface area contributed by atoms with Crippen LogP contribution in [0.1, 0.15) is 43.9 Å². The normalized spacial score (nSPS) is 17.7. The number of nitrogens with one attached hydrogen (secondary N) is 1. The summed E-state index contributed by atoms with van der Waals surface area (Å²) < 4.78 is 0. The summed E-state index contributed by atoms with van der Waals surface area (Å²) in [5, 5.41) is 25.1. The number of nitrogens with zero attached hydrogens (tertiary/aromatic N) is 1. The van der Waals surface area contributed by atoms with Crippen molar-refractivity contribution in [3.05, 3.63) is 80.7 Å². The third-order valence-electron chi connectivity index (χ3n) is 6.16. The highest BCUT2D eigenvalue weighted by Crippen LogP contribution is 2.34. The Bertz CT molecular complexity index is 1080. The zero-order valence-electron chi connectivity index (χ0n) is 20.4. The van der Waals surface area contributed by atoms with E-state index in [9.17, 15) is 19.8 Å². The van der Waals surface area contributed by atoms with Crippen molar-refractivity contribution in [1.29, 1.82) is 0 Å². The molecule has 3 rings (SSSR count). The Balaban J connectivity index is 1.52. The third-order valence-corrected chi connectivity index (χ3v) is 7.96. The zero-order valence-corrected chi connectivity index (χ0v) is 22.7. The minimum atomic E-state index is -1.87. The number of hydrogen-bond donors (Lipinski definition) is 3. The van der Waals surface area contributed by atoms with Crippen LogP contribution in [-0.4, -0.2) is 57.5 Å². The lowest BCUT2D eigenvalue weighted by Gasteiger charge is -2.33. The van der Waals surface area contributed by atoms with Crippen molar-refractivity contribution >= 4 is 46.8 Å². The second-order valence-electron chi connectivity index (χ2n) is 8.69. The molecule has 1 heterocycles. The maximum Gasteiger partial charge on any atom is 0.255 e. The zero-order chi connectivity index (χ0) is 26.2. The maximum absolute atomic E-state index is 13.1. The number of thioether (sulfide) groups is 1. The number of aliphatic hydroxyl groups is 2. The summed E-state index contributed by atoms with van der Waals surface area (Å²) in [6.07, 6.45) is 0.570. The van der Waals surface area contributed by atoms with Gasteiger partial charge in [0.25, 0.3) is 11.8 Å². The van der Waals surface area contributed by atoms with Crippen LogP contribution in [0.2, 0.25) is 10.0 Å². The molecule has 0 fully saturated rings. The van der Waals surface area contributed by atoms with Crippen molar-refractivity contribution in [2.24, 2.45) is 0 Å². The van der Waals surface area contributed by atoms with E-state index in [1.165, 1.54) is 9.81 Å². The SMILES string of the molecule is CC[C@H](c1cccc(Cl)c1)N(CC)C(=O)[C@H](O)[C@@H](O)C(=O)NCC1CC=C(Cc2ccc(Cl)cc2)S1. The first-order chi connectivity index (χ1) is 17.2. The van der Waals surface area contributed by atoms with Gasteiger partial charge in [0, 0.05) is 34.8 Å². The number of halogens is 2. The molecule has 1 unspecified atom stereocenters. The second-order valence-corrected chi connectivity index (χ2v) is 11.0. The Morgan fingerprint density at radius 3 is 2.44 bits per heavy atom. The molecule has 2 amide bonds. The number of hydrogen-bond acceptors (Lipinski definition) is 5. The monoisotopic (exact) mass is 550 g/mol. The molecule has 0 saturated heterocycles. The molecule has 0 spiro atoms. The molecule has 1 aliphatic heterocycles. The predicted octanol–water partition coefficient (Wildman–Crippen LogP) is 4.76. The maximum atomic E-state index is 13.1. The first-order valence-electron chi connectivity index (χ1n) is 12.0. The van der Waals surface area contributed by atoms with E-state index in [4.69, 9.17) is 23.2 Å². The Kier molecular flexibility index (Phi) is 10.7. The van der Waals surface area contributed by atoms with Crippen LogP contribution in [0.25, 0.3) is 0 Å². The summed E-state index contributed by atoms with van der Waals surface area (Å²) in [6.45, 7) is 4.33. The molecular formula is C27H32Cl2N2O4S. The molecule has 0 aromatic heterocycles. The highest BCUT2D eigenvalue weighted by Gasteiger charge is 2.35. The quantitative estimate of drug-likeness (QED) is 0.375. The number of likely N-dealkylation sites (N-methyl/N-ethyl adjacent to an activating group) is 1. The van der Waals surface area contributed by atoms with Crippen molar-refractivity contribution in [2.75, 3.05) is 13.1 Å². The highest BCUT2D eigenvalue weighted by molar-refractivity contribution is 8.03. The van der Waals surface area contributed by atoms with Crippen LogP contribution in [-0.2, 0) is 16.0 Å². The van der Waals surface area contributed by atoms with Gasteiger partial charge in [-0.05, 0) is 60.1 Å². The molecule has 36 heavy (non-hydrogen) atoms. The molecule has 9 heteroatoms. The van der Waals surface area contributed by atoms with Gasteiger partial charge in [0.15, 0.2) is 12.2 Å². The van der Waals surface area contributed by atoms with Gasteiger partial charge in [-0.1, -0.05) is 60.5 Å². The van der Waals surface area contributed by atoms with Crippen molar-refractivity contribution in [3.8, 4) is 0 Å². The number of amides is 2. The van der Waals surface area contributed by atoms with Crippen LogP contribution in [0.4, 0.5) is 0 Å². The molecule has 3 N–H and O–H groups in total. The van der Waals surface area contributed by atoms with E-state index in [0.29, 0.717) is 29.6 Å². The Morgan fingerprint density at radius 1 is 1.08 bits per heavy atom. The van der Waals surface area contributed by atoms with E-state index >= 15 is 0 Å². The number of aliphatic hydroxyl groups excluding tert-OH is 2. The van der Waals surface area contributed by atoms with Gasteiger partial charge in [0.05, 0.1) is 6.04 Å². The van der Waals surface area contributed by atoms with Crippen LogP contribution < -0.4 is 5.32 Å². The van der Waals surface area contributed by atoms with E-state index in [-0.39, 0.29) is 11.3 Å². The molecule has 0 aliphatic carbocycles. The first kappa shape index (κ1) is 28.5. The summed E-state index contributed by atoms with van der Waals surface area (Å²) >= 11 is 13.7. The summed E-state index contributed by atoms with van der Waals surface area (Å²) in [7, 11) is 0. The van der Waals surface area contributed by atoms with Crippen LogP contribution in [0.15, 0.2) is 59.5 Å². The van der Waals surface area contributed by atoms with Crippen LogP contribution in [0, 0.1) is 0 Å². The molecule has 194 valence electrons. The van der Waals surface area contributed by atoms with E-state index in [2.05, 4.69) is 11.4 Å². The van der Waals surface area contributed by atoms with Crippen molar-refractivity contribution in [1.82, 2.24) is 10.2 Å². The van der Waals surface area contributed by atoms with Gasteiger partial charge in [0.1, 0.15) is 0 Å². The lowest BCUT2D eigenvalue weighted by molar-refractivity contribution is -0.154. The molecule has 0 bridgehead atoms. The average molecular weight is 552 g/mol. The fourth-order valence-corrected chi connectivity index (χ4v) is 5.82. The standard InChI is InChI=1S/C27H32Cl2N2O4S/c1-3-23(18-6-5-7-20(29)15-18)31(4-2)27(35)25(33)24(32)26(34)30-16-22-13-12-21(36-22)14-17-8-10-19(28)11-9-17/h5-12,15,22-25,32-33H,3-4,13-14,16H2,1-2H3,(H,30,34)/t22?,23-,24-,25-/m1/s1. The van der Waals surface area contributed by atoms with Crippen molar-refractivity contribution < 1.29 is 19.8 Å². The number of carbonyl (C=O) groups is 2. The summed E-state index contributed by atoms with van der Waals surface area (Å²) in [5.74, 6) is -1.47. The predicted molar refractivity (Wildman–Crippen MR) is 146 cm³/mol. The van der Waals surface area contributed by atoms with Gasteiger partial charge < -0.3 is 20.4 Å². The Morgan fingerprint density at radius 2 is 1.81 bits per heavy atom. The van der Waals surface area contributed by atoms with Gasteiger partial charge in [-0.25, -0.2) is 0 Å². The first-order valence-corrected chi connectivity index (χ1v) is 13.7. The summed E-state index contributed by atoms with van der Waals surface area (Å²) in [5.41, 5.74) is 1.98. The molecule has 6 nitrogen and oxygen atoms in total. The lowest BCUT2D eigenvalue weighted by Crippen LogP contribution is -2.52. The van der Waals surface area contributed by atoms with Crippen LogP contribution in [0.5, 0.6) is 0 Å². The minimum Gasteiger partial charge on any atom is -0.380 e. The molecule has 0 saturated carbocycles.